The summed E-state index contributed by atoms with van der Waals surface area (Å²) in [4.78, 5) is 33.4. The van der Waals surface area contributed by atoms with Gasteiger partial charge in [0, 0.05) is 58.3 Å². The lowest BCUT2D eigenvalue weighted by Gasteiger charge is -2.30. The number of fused-ring (bicyclic) bond motifs is 4. The fourth-order valence-corrected chi connectivity index (χ4v) is 7.85. The molecule has 0 saturated heterocycles. The molecule has 0 aliphatic carbocycles. The third-order valence-corrected chi connectivity index (χ3v) is 10.4. The molecule has 238 valence electrons. The Morgan fingerprint density at radius 2 is 1.22 bits per heavy atom. The van der Waals surface area contributed by atoms with Crippen molar-refractivity contribution in [2.24, 2.45) is 0 Å². The lowest BCUT2D eigenvalue weighted by Crippen LogP contribution is -2.33. The molecule has 3 heterocycles. The van der Waals surface area contributed by atoms with E-state index in [1.165, 1.54) is 22.3 Å². The van der Waals surface area contributed by atoms with Gasteiger partial charge in [0.1, 0.15) is 0 Å². The van der Waals surface area contributed by atoms with Gasteiger partial charge < -0.3 is 21.4 Å². The lowest BCUT2D eigenvalue weighted by molar-refractivity contribution is 0.245. The summed E-state index contributed by atoms with van der Waals surface area (Å²) >= 11 is 19.3. The highest BCUT2D eigenvalue weighted by atomic mass is 79.9. The molecule has 0 bridgehead atoms. The highest BCUT2D eigenvalue weighted by Crippen LogP contribution is 2.35. The van der Waals surface area contributed by atoms with E-state index < -0.39 is 11.1 Å². The summed E-state index contributed by atoms with van der Waals surface area (Å²) in [7, 11) is 0. The summed E-state index contributed by atoms with van der Waals surface area (Å²) in [6, 6.07) is 19.6. The number of hydrogen-bond acceptors (Lipinski definition) is 6. The van der Waals surface area contributed by atoms with E-state index in [1.54, 1.807) is 0 Å². The summed E-state index contributed by atoms with van der Waals surface area (Å²) in [5.41, 5.74) is 20.6. The van der Waals surface area contributed by atoms with Crippen LogP contribution in [0.2, 0.25) is 10.0 Å². The van der Waals surface area contributed by atoms with E-state index in [0.29, 0.717) is 11.2 Å². The predicted octanol–water partition coefficient (Wildman–Crippen LogP) is 7.02. The monoisotopic (exact) mass is 784 g/mol. The van der Waals surface area contributed by atoms with Crippen molar-refractivity contribution in [3.63, 3.8) is 0 Å². The minimum atomic E-state index is -0.627. The number of rotatable bonds is 4. The van der Waals surface area contributed by atoms with Crippen LogP contribution in [0.25, 0.3) is 11.0 Å². The molecule has 2 aliphatic rings. The van der Waals surface area contributed by atoms with Crippen LogP contribution in [0, 0.1) is 0 Å². The Morgan fingerprint density at radius 1 is 0.696 bits per heavy atom. The van der Waals surface area contributed by atoms with E-state index in [9.17, 15) is 9.59 Å². The van der Waals surface area contributed by atoms with Crippen LogP contribution >= 0.6 is 55.1 Å². The Labute approximate surface area is 293 Å². The van der Waals surface area contributed by atoms with E-state index in [0.717, 1.165) is 93.4 Å². The lowest BCUT2D eigenvalue weighted by atomic mass is 9.96. The Bertz CT molecular complexity index is 2070. The van der Waals surface area contributed by atoms with Crippen LogP contribution < -0.4 is 22.6 Å². The maximum Gasteiger partial charge on any atom is 0.314 e. The largest absolute Gasteiger partial charge is 0.397 e. The molecule has 12 heteroatoms. The van der Waals surface area contributed by atoms with Crippen molar-refractivity contribution in [3.8, 4) is 0 Å². The maximum absolute atomic E-state index is 11.7. The fourth-order valence-electron chi connectivity index (χ4n) is 6.22. The third kappa shape index (κ3) is 7.22. The molecule has 46 heavy (non-hydrogen) atoms. The molecule has 7 rings (SSSR count). The first-order valence-corrected chi connectivity index (χ1v) is 17.1. The number of benzene rings is 4. The van der Waals surface area contributed by atoms with Gasteiger partial charge in [0.05, 0.1) is 22.4 Å². The smallest absolute Gasteiger partial charge is 0.314 e. The average molecular weight is 787 g/mol. The van der Waals surface area contributed by atoms with Gasteiger partial charge in [-0.15, -0.1) is 0 Å². The zero-order valence-corrected chi connectivity index (χ0v) is 29.5. The number of nitrogens with two attached hydrogens (primary N) is 2. The summed E-state index contributed by atoms with van der Waals surface area (Å²) in [5, 5.41) is 1.52. The van der Waals surface area contributed by atoms with Gasteiger partial charge in [-0.3, -0.25) is 19.4 Å². The average Bonchev–Trinajstić information content (AvgIpc) is 3.02. The molecular weight excluding hydrogens is 755 g/mol. The first-order valence-electron chi connectivity index (χ1n) is 14.8. The normalized spacial score (nSPS) is 14.8. The molecule has 1 aromatic heterocycles. The van der Waals surface area contributed by atoms with Crippen LogP contribution in [0.1, 0.15) is 33.4 Å². The van der Waals surface area contributed by atoms with Crippen molar-refractivity contribution < 1.29 is 0 Å². The second-order valence-corrected chi connectivity index (χ2v) is 14.2. The molecule has 0 spiro atoms. The molecular formula is C34H32Br2Cl2N6O2. The number of aromatic amines is 2. The zero-order valence-electron chi connectivity index (χ0n) is 24.8. The van der Waals surface area contributed by atoms with Crippen molar-refractivity contribution in [1.29, 1.82) is 0 Å². The Kier molecular flexibility index (Phi) is 9.94. The Hall–Kier alpha value is -3.12. The number of aromatic nitrogens is 2. The van der Waals surface area contributed by atoms with Gasteiger partial charge in [0.25, 0.3) is 0 Å². The standard InChI is InChI=1S/C18H15BrClN3O2.C16H17BrClN3/c19-14-7-15-16(22-18(25)17(24)21-15)12-4-5-23(9-13(12)14)8-10-2-1-3-11(20)6-10;17-14-7-15(19)16(20)12-4-5-21(9-13(12)14)8-10-2-1-3-11(18)6-10/h1-3,6-7H,4-5,8-9H2,(H,21,24)(H,22,25);1-3,6-7H,4-5,8-9,19-20H2. The molecule has 4 aromatic carbocycles. The minimum Gasteiger partial charge on any atom is -0.397 e. The van der Waals surface area contributed by atoms with E-state index in [2.05, 4.69) is 63.8 Å². The fraction of sp³-hybridized carbons (Fsp3) is 0.235. The number of hydrogen-bond donors (Lipinski definition) is 4. The number of nitrogen functional groups attached to an aromatic ring is 2. The molecule has 8 nitrogen and oxygen atoms in total. The summed E-state index contributed by atoms with van der Waals surface area (Å²) < 4.78 is 1.98. The Balaban J connectivity index is 0.000000164. The quantitative estimate of drug-likeness (QED) is 0.115. The van der Waals surface area contributed by atoms with Crippen molar-refractivity contribution in [3.05, 3.63) is 134 Å². The van der Waals surface area contributed by atoms with E-state index in [1.807, 2.05) is 48.5 Å². The van der Waals surface area contributed by atoms with Crippen LogP contribution in [0.5, 0.6) is 0 Å². The van der Waals surface area contributed by atoms with Crippen molar-refractivity contribution in [2.75, 3.05) is 24.6 Å². The number of anilines is 2. The van der Waals surface area contributed by atoms with Gasteiger partial charge in [-0.2, -0.15) is 0 Å². The number of H-pyrrole nitrogens is 2. The number of nitrogens with one attached hydrogen (secondary N) is 2. The van der Waals surface area contributed by atoms with E-state index >= 15 is 0 Å². The molecule has 0 atom stereocenters. The molecule has 0 unspecified atom stereocenters. The van der Waals surface area contributed by atoms with Crippen molar-refractivity contribution in [2.45, 2.75) is 39.0 Å². The van der Waals surface area contributed by atoms with Crippen molar-refractivity contribution in [1.82, 2.24) is 19.8 Å². The first-order chi connectivity index (χ1) is 22.0. The van der Waals surface area contributed by atoms with Gasteiger partial charge in [0.15, 0.2) is 0 Å². The van der Waals surface area contributed by atoms with E-state index in [4.69, 9.17) is 34.7 Å². The van der Waals surface area contributed by atoms with Gasteiger partial charge in [-0.05, 0) is 82.6 Å². The molecule has 6 N–H and O–H groups in total. The summed E-state index contributed by atoms with van der Waals surface area (Å²) in [5.74, 6) is 0. The molecule has 2 aliphatic heterocycles. The molecule has 0 amide bonds. The molecule has 0 radical (unpaired) electrons. The topological polar surface area (TPSA) is 124 Å². The van der Waals surface area contributed by atoms with Gasteiger partial charge in [0.2, 0.25) is 0 Å². The van der Waals surface area contributed by atoms with E-state index in [-0.39, 0.29) is 0 Å². The van der Waals surface area contributed by atoms with Crippen LogP contribution in [0.4, 0.5) is 11.4 Å². The highest BCUT2D eigenvalue weighted by Gasteiger charge is 2.23. The first kappa shape index (κ1) is 32.8. The van der Waals surface area contributed by atoms with Crippen molar-refractivity contribution >= 4 is 77.5 Å². The van der Waals surface area contributed by atoms with Crippen LogP contribution in [0.3, 0.4) is 0 Å². The summed E-state index contributed by atoms with van der Waals surface area (Å²) in [6.45, 7) is 5.17. The van der Waals surface area contributed by atoms with Crippen LogP contribution in [-0.2, 0) is 39.0 Å². The maximum atomic E-state index is 11.7. The number of nitrogens with zero attached hydrogens (tertiary/aromatic N) is 2. The van der Waals surface area contributed by atoms with Crippen LogP contribution in [0.15, 0.2) is 79.2 Å². The van der Waals surface area contributed by atoms with Gasteiger partial charge in [-0.25, -0.2) is 0 Å². The SMILES string of the molecule is Nc1cc(Br)c2c(c1N)CCN(Cc1cccc(Cl)c1)C2.O=c1[nH]c2cc(Br)c3c(c2[nH]c1=O)CCN(Cc1cccc(Cl)c1)C3. The highest BCUT2D eigenvalue weighted by molar-refractivity contribution is 9.10. The van der Waals surface area contributed by atoms with Crippen LogP contribution in [-0.4, -0.2) is 32.9 Å². The summed E-state index contributed by atoms with van der Waals surface area (Å²) in [6.07, 6.45) is 1.72. The minimum absolute atomic E-state index is 0.613. The second-order valence-electron chi connectivity index (χ2n) is 11.6. The van der Waals surface area contributed by atoms with Gasteiger partial charge in [-0.1, -0.05) is 79.3 Å². The van der Waals surface area contributed by atoms with Gasteiger partial charge >= 0.3 is 11.1 Å². The zero-order chi connectivity index (χ0) is 32.5. The molecule has 5 aromatic rings. The number of halogens is 4. The second kappa shape index (κ2) is 13.9. The Morgan fingerprint density at radius 3 is 1.80 bits per heavy atom. The molecule has 0 saturated carbocycles. The predicted molar refractivity (Wildman–Crippen MR) is 194 cm³/mol. The third-order valence-electron chi connectivity index (χ3n) is 8.47. The molecule has 0 fully saturated rings.